The van der Waals surface area contributed by atoms with E-state index >= 15 is 0 Å². The van der Waals surface area contributed by atoms with Gasteiger partial charge in [-0.2, -0.15) is 0 Å². The molecular weight excluding hydrogens is 160 g/mol. The van der Waals surface area contributed by atoms with Crippen LogP contribution in [0.4, 0.5) is 11.5 Å². The summed E-state index contributed by atoms with van der Waals surface area (Å²) in [6.07, 6.45) is 1.46. The minimum atomic E-state index is -0.516. The highest BCUT2D eigenvalue weighted by Crippen LogP contribution is 2.23. The molecule has 0 bridgehead atoms. The fourth-order valence-electron chi connectivity index (χ4n) is 0.887. The summed E-state index contributed by atoms with van der Waals surface area (Å²) in [5, 5.41) is 10.5. The van der Waals surface area contributed by atoms with Gasteiger partial charge in [0.15, 0.2) is 0 Å². The molecule has 0 amide bonds. The van der Waals surface area contributed by atoms with E-state index in [9.17, 15) is 10.1 Å². The van der Waals surface area contributed by atoms with E-state index in [4.69, 9.17) is 5.84 Å². The van der Waals surface area contributed by atoms with Crippen molar-refractivity contribution >= 4 is 11.5 Å². The van der Waals surface area contributed by atoms with Gasteiger partial charge in [-0.1, -0.05) is 0 Å². The Morgan fingerprint density at radius 2 is 2.42 bits per heavy atom. The molecule has 0 aliphatic carbocycles. The number of nitrogens with two attached hydrogens (primary N) is 1. The van der Waals surface area contributed by atoms with E-state index in [-0.39, 0.29) is 11.5 Å². The summed E-state index contributed by atoms with van der Waals surface area (Å²) in [5.74, 6) is 5.12. The van der Waals surface area contributed by atoms with Gasteiger partial charge in [-0.3, -0.25) is 10.1 Å². The van der Waals surface area contributed by atoms with Crippen molar-refractivity contribution < 1.29 is 4.92 Å². The molecule has 0 fully saturated rings. The highest BCUT2D eigenvalue weighted by atomic mass is 16.6. The average molecular weight is 168 g/mol. The first kappa shape index (κ1) is 8.41. The lowest BCUT2D eigenvalue weighted by Crippen LogP contribution is -2.11. The third-order valence-electron chi connectivity index (χ3n) is 1.45. The van der Waals surface area contributed by atoms with E-state index in [0.29, 0.717) is 5.56 Å². The molecule has 0 aromatic carbocycles. The third kappa shape index (κ3) is 1.32. The number of nitrogens with zero attached hydrogens (tertiary/aromatic N) is 2. The smallest absolute Gasteiger partial charge is 0.303 e. The number of nitrogens with one attached hydrogen (secondary N) is 1. The van der Waals surface area contributed by atoms with Crippen LogP contribution in [0.1, 0.15) is 5.56 Å². The summed E-state index contributed by atoms with van der Waals surface area (Å²) in [6.45, 7) is 1.63. The van der Waals surface area contributed by atoms with Crippen LogP contribution in [0.3, 0.4) is 0 Å². The Labute approximate surface area is 68.5 Å². The number of hydrogen-bond donors (Lipinski definition) is 2. The molecule has 0 spiro atoms. The van der Waals surface area contributed by atoms with Gasteiger partial charge in [0.25, 0.3) is 0 Å². The molecule has 3 N–H and O–H groups in total. The van der Waals surface area contributed by atoms with Crippen LogP contribution in [0.2, 0.25) is 0 Å². The molecule has 0 saturated heterocycles. The Hall–Kier alpha value is -1.69. The number of nitro groups is 1. The first-order valence-electron chi connectivity index (χ1n) is 3.23. The lowest BCUT2D eigenvalue weighted by molar-refractivity contribution is -0.384. The Balaban J connectivity index is 3.29. The summed E-state index contributed by atoms with van der Waals surface area (Å²) in [4.78, 5) is 13.7. The molecule has 0 aliphatic heterocycles. The van der Waals surface area contributed by atoms with Gasteiger partial charge in [0, 0.05) is 11.8 Å². The number of rotatable bonds is 2. The zero-order valence-corrected chi connectivity index (χ0v) is 6.44. The van der Waals surface area contributed by atoms with Crippen LogP contribution in [0.25, 0.3) is 0 Å². The molecule has 6 nitrogen and oxygen atoms in total. The Morgan fingerprint density at radius 1 is 1.75 bits per heavy atom. The van der Waals surface area contributed by atoms with Crippen molar-refractivity contribution in [3.63, 3.8) is 0 Å². The van der Waals surface area contributed by atoms with Crippen molar-refractivity contribution in [1.29, 1.82) is 0 Å². The largest absolute Gasteiger partial charge is 0.315 e. The minimum Gasteiger partial charge on any atom is -0.303 e. The fourth-order valence-corrected chi connectivity index (χ4v) is 0.887. The van der Waals surface area contributed by atoms with Crippen LogP contribution in [0.5, 0.6) is 0 Å². The Bertz CT molecular complexity index is 312. The summed E-state index contributed by atoms with van der Waals surface area (Å²) in [5.41, 5.74) is 2.61. The van der Waals surface area contributed by atoms with Crippen LogP contribution < -0.4 is 11.3 Å². The molecular formula is C6H8N4O2. The van der Waals surface area contributed by atoms with Crippen molar-refractivity contribution in [3.8, 4) is 0 Å². The second-order valence-electron chi connectivity index (χ2n) is 2.23. The molecule has 0 aliphatic rings. The molecule has 64 valence electrons. The molecule has 12 heavy (non-hydrogen) atoms. The van der Waals surface area contributed by atoms with Gasteiger partial charge in [0.1, 0.15) is 0 Å². The van der Waals surface area contributed by atoms with Crippen molar-refractivity contribution in [2.75, 3.05) is 5.43 Å². The highest BCUT2D eigenvalue weighted by molar-refractivity contribution is 5.58. The summed E-state index contributed by atoms with van der Waals surface area (Å²) < 4.78 is 0. The van der Waals surface area contributed by atoms with E-state index in [2.05, 4.69) is 10.4 Å². The van der Waals surface area contributed by atoms with Gasteiger partial charge in [0.2, 0.25) is 5.82 Å². The Kier molecular flexibility index (Phi) is 2.20. The van der Waals surface area contributed by atoms with Gasteiger partial charge in [0.05, 0.1) is 4.92 Å². The monoisotopic (exact) mass is 168 g/mol. The molecule has 6 heteroatoms. The maximum atomic E-state index is 10.5. The second kappa shape index (κ2) is 3.14. The van der Waals surface area contributed by atoms with Crippen LogP contribution in [-0.4, -0.2) is 9.91 Å². The van der Waals surface area contributed by atoms with Gasteiger partial charge in [-0.25, -0.2) is 10.8 Å². The summed E-state index contributed by atoms with van der Waals surface area (Å²) in [6, 6.07) is 1.55. The third-order valence-corrected chi connectivity index (χ3v) is 1.45. The molecule has 1 aromatic rings. The average Bonchev–Trinajstić information content (AvgIpc) is 2.03. The number of aromatic nitrogens is 1. The lowest BCUT2D eigenvalue weighted by atomic mass is 10.2. The number of aryl methyl sites for hydroxylation is 1. The fraction of sp³-hybridized carbons (Fsp3) is 0.167. The number of hydrogen-bond acceptors (Lipinski definition) is 5. The number of hydrazine groups is 1. The molecule has 0 radical (unpaired) electrons. The standard InChI is InChI=1S/C6H8N4O2/c1-4-2-3-8-6(9-7)5(4)10(11)12/h2-3H,7H2,1H3,(H,8,9). The van der Waals surface area contributed by atoms with Gasteiger partial charge < -0.3 is 5.43 Å². The van der Waals surface area contributed by atoms with Crippen molar-refractivity contribution in [2.45, 2.75) is 6.92 Å². The summed E-state index contributed by atoms with van der Waals surface area (Å²) in [7, 11) is 0. The minimum absolute atomic E-state index is 0.0833. The quantitative estimate of drug-likeness (QED) is 0.382. The molecule has 0 saturated carbocycles. The van der Waals surface area contributed by atoms with E-state index in [1.165, 1.54) is 6.20 Å². The van der Waals surface area contributed by atoms with Crippen LogP contribution >= 0.6 is 0 Å². The SMILES string of the molecule is Cc1ccnc(NN)c1[N+](=O)[O-]. The van der Waals surface area contributed by atoms with Crippen molar-refractivity contribution in [1.82, 2.24) is 4.98 Å². The maximum absolute atomic E-state index is 10.5. The molecule has 1 aromatic heterocycles. The second-order valence-corrected chi connectivity index (χ2v) is 2.23. The highest BCUT2D eigenvalue weighted by Gasteiger charge is 2.16. The van der Waals surface area contributed by atoms with Crippen molar-refractivity contribution in [2.24, 2.45) is 5.84 Å². The van der Waals surface area contributed by atoms with Crippen LogP contribution in [0.15, 0.2) is 12.3 Å². The van der Waals surface area contributed by atoms with Crippen LogP contribution in [0, 0.1) is 17.0 Å². The number of pyridine rings is 1. The first-order chi connectivity index (χ1) is 5.66. The summed E-state index contributed by atoms with van der Waals surface area (Å²) >= 11 is 0. The van der Waals surface area contributed by atoms with Gasteiger partial charge in [-0.05, 0) is 13.0 Å². The van der Waals surface area contributed by atoms with Crippen molar-refractivity contribution in [3.05, 3.63) is 27.9 Å². The lowest BCUT2D eigenvalue weighted by Gasteiger charge is -2.01. The predicted molar refractivity (Wildman–Crippen MR) is 43.4 cm³/mol. The molecule has 1 heterocycles. The molecule has 0 atom stereocenters. The van der Waals surface area contributed by atoms with E-state index in [1.54, 1.807) is 13.0 Å². The topological polar surface area (TPSA) is 94.1 Å². The molecule has 1 rings (SSSR count). The zero-order chi connectivity index (χ0) is 9.14. The number of nitrogen functional groups attached to an aromatic ring is 1. The molecule has 0 unspecified atom stereocenters. The van der Waals surface area contributed by atoms with E-state index in [1.807, 2.05) is 0 Å². The zero-order valence-electron chi connectivity index (χ0n) is 6.44. The maximum Gasteiger partial charge on any atom is 0.315 e. The predicted octanol–water partition coefficient (Wildman–Crippen LogP) is 0.584. The number of anilines is 1. The van der Waals surface area contributed by atoms with E-state index in [0.717, 1.165) is 0 Å². The van der Waals surface area contributed by atoms with E-state index < -0.39 is 4.92 Å². The van der Waals surface area contributed by atoms with Crippen LogP contribution in [-0.2, 0) is 0 Å². The first-order valence-corrected chi connectivity index (χ1v) is 3.23. The van der Waals surface area contributed by atoms with Gasteiger partial charge >= 0.3 is 5.69 Å². The van der Waals surface area contributed by atoms with Gasteiger partial charge in [-0.15, -0.1) is 0 Å². The normalized spacial score (nSPS) is 9.50. The Morgan fingerprint density at radius 3 is 2.83 bits per heavy atom.